The number of nitrogens with zero attached hydrogens (tertiary/aromatic N) is 1. The molecule has 2 aromatic rings. The van der Waals surface area contributed by atoms with Gasteiger partial charge in [0.25, 0.3) is 5.92 Å². The third-order valence-electron chi connectivity index (χ3n) is 4.41. The molecule has 1 saturated carbocycles. The maximum Gasteiger partial charge on any atom is 0.263 e. The molecular weight excluding hydrogens is 296 g/mol. The minimum absolute atomic E-state index is 0.134. The van der Waals surface area contributed by atoms with Gasteiger partial charge in [-0.3, -0.25) is 0 Å². The number of ether oxygens (including phenoxy) is 1. The highest BCUT2D eigenvalue weighted by atomic mass is 19.3. The van der Waals surface area contributed by atoms with Crippen molar-refractivity contribution in [3.63, 3.8) is 0 Å². The Hall–Kier alpha value is -1.94. The second-order valence-corrected chi connectivity index (χ2v) is 6.33. The van der Waals surface area contributed by atoms with Gasteiger partial charge in [-0.05, 0) is 37.4 Å². The smallest absolute Gasteiger partial charge is 0.263 e. The van der Waals surface area contributed by atoms with Gasteiger partial charge in [-0.15, -0.1) is 0 Å². The molecular formula is C19H21F2NO. The first-order valence-corrected chi connectivity index (χ1v) is 7.77. The van der Waals surface area contributed by atoms with E-state index in [2.05, 4.69) is 0 Å². The Labute approximate surface area is 135 Å². The van der Waals surface area contributed by atoms with Gasteiger partial charge in [0.05, 0.1) is 5.41 Å². The summed E-state index contributed by atoms with van der Waals surface area (Å²) in [6, 6.07) is 16.1. The molecule has 0 bridgehead atoms. The quantitative estimate of drug-likeness (QED) is 0.800. The molecule has 0 heterocycles. The second-order valence-electron chi connectivity index (χ2n) is 6.33. The van der Waals surface area contributed by atoms with Crippen LogP contribution in [0.25, 0.3) is 0 Å². The molecule has 1 aliphatic carbocycles. The van der Waals surface area contributed by atoms with E-state index in [4.69, 9.17) is 4.74 Å². The summed E-state index contributed by atoms with van der Waals surface area (Å²) in [6.07, 6.45) is -0.134. The normalized spacial score (nSPS) is 22.1. The molecule has 1 unspecified atom stereocenters. The molecule has 2 nitrogen and oxygen atoms in total. The second kappa shape index (κ2) is 5.93. The zero-order chi connectivity index (χ0) is 16.5. The summed E-state index contributed by atoms with van der Waals surface area (Å²) < 4.78 is 34.0. The van der Waals surface area contributed by atoms with Crippen molar-refractivity contribution >= 4 is 0 Å². The van der Waals surface area contributed by atoms with E-state index in [1.165, 1.54) is 0 Å². The Morgan fingerprint density at radius 3 is 2.04 bits per heavy atom. The van der Waals surface area contributed by atoms with Crippen molar-refractivity contribution < 1.29 is 13.5 Å². The number of hydrogen-bond donors (Lipinski definition) is 0. The predicted molar refractivity (Wildman–Crippen MR) is 87.3 cm³/mol. The highest BCUT2D eigenvalue weighted by Gasteiger charge is 2.72. The van der Waals surface area contributed by atoms with Gasteiger partial charge in [0, 0.05) is 13.0 Å². The summed E-state index contributed by atoms with van der Waals surface area (Å²) in [5, 5.41) is 0. The number of alkyl halides is 2. The van der Waals surface area contributed by atoms with Crippen molar-refractivity contribution in [1.29, 1.82) is 0 Å². The van der Waals surface area contributed by atoms with Crippen LogP contribution in [0, 0.1) is 0 Å². The molecule has 0 radical (unpaired) electrons. The molecule has 0 saturated heterocycles. The summed E-state index contributed by atoms with van der Waals surface area (Å²) in [5.74, 6) is -1.98. The topological polar surface area (TPSA) is 12.5 Å². The van der Waals surface area contributed by atoms with Crippen LogP contribution in [0.4, 0.5) is 8.78 Å². The molecule has 2 aromatic carbocycles. The van der Waals surface area contributed by atoms with Gasteiger partial charge >= 0.3 is 0 Å². The van der Waals surface area contributed by atoms with Crippen LogP contribution >= 0.6 is 0 Å². The number of likely N-dealkylation sites (N-methyl/N-ethyl adjacent to an activating group) is 1. The van der Waals surface area contributed by atoms with Crippen molar-refractivity contribution in [2.24, 2.45) is 0 Å². The van der Waals surface area contributed by atoms with E-state index in [0.29, 0.717) is 23.5 Å². The van der Waals surface area contributed by atoms with Crippen LogP contribution in [-0.4, -0.2) is 38.1 Å². The largest absolute Gasteiger partial charge is 0.492 e. The highest BCUT2D eigenvalue weighted by Crippen LogP contribution is 2.65. The molecule has 0 N–H and O–H groups in total. The van der Waals surface area contributed by atoms with Crippen LogP contribution in [0.5, 0.6) is 5.75 Å². The van der Waals surface area contributed by atoms with Crippen LogP contribution in [0.3, 0.4) is 0 Å². The Bertz CT molecular complexity index is 655. The van der Waals surface area contributed by atoms with Crippen molar-refractivity contribution in [2.75, 3.05) is 27.2 Å². The Balaban J connectivity index is 1.80. The average molecular weight is 317 g/mol. The first kappa shape index (κ1) is 15.9. The monoisotopic (exact) mass is 317 g/mol. The van der Waals surface area contributed by atoms with Gasteiger partial charge in [-0.2, -0.15) is 0 Å². The summed E-state index contributed by atoms with van der Waals surface area (Å²) in [4.78, 5) is 2.03. The van der Waals surface area contributed by atoms with E-state index in [1.807, 2.05) is 37.2 Å². The van der Waals surface area contributed by atoms with Gasteiger partial charge in [-0.1, -0.05) is 42.5 Å². The first-order chi connectivity index (χ1) is 11.0. The Morgan fingerprint density at radius 1 is 0.957 bits per heavy atom. The minimum atomic E-state index is -2.69. The van der Waals surface area contributed by atoms with E-state index >= 15 is 0 Å². The summed E-state index contributed by atoms with van der Waals surface area (Å²) in [6.45, 7) is 1.39. The van der Waals surface area contributed by atoms with Crippen LogP contribution in [0.15, 0.2) is 54.6 Å². The highest BCUT2D eigenvalue weighted by molar-refractivity contribution is 5.51. The molecule has 1 atom stereocenters. The van der Waals surface area contributed by atoms with Crippen LogP contribution in [0.1, 0.15) is 17.5 Å². The van der Waals surface area contributed by atoms with Crippen molar-refractivity contribution in [2.45, 2.75) is 17.8 Å². The summed E-state index contributed by atoms with van der Waals surface area (Å²) in [5.41, 5.74) is 0.135. The molecule has 0 aliphatic heterocycles. The van der Waals surface area contributed by atoms with E-state index in [-0.39, 0.29) is 6.42 Å². The standard InChI is InChI=1S/C19H21F2NO/c1-22(2)12-13-23-17-10-8-16(9-11-17)18(14-19(18,20)21)15-6-4-3-5-7-15/h3-11H,12-14H2,1-2H3. The lowest BCUT2D eigenvalue weighted by molar-refractivity contribution is 0.0966. The van der Waals surface area contributed by atoms with Crippen LogP contribution in [-0.2, 0) is 5.41 Å². The lowest BCUT2D eigenvalue weighted by atomic mass is 9.87. The molecule has 3 rings (SSSR count). The number of hydrogen-bond acceptors (Lipinski definition) is 2. The van der Waals surface area contributed by atoms with Gasteiger partial charge in [0.1, 0.15) is 12.4 Å². The summed E-state index contributed by atoms with van der Waals surface area (Å²) >= 11 is 0. The minimum Gasteiger partial charge on any atom is -0.492 e. The fourth-order valence-electron chi connectivity index (χ4n) is 2.99. The lowest BCUT2D eigenvalue weighted by Crippen LogP contribution is -2.20. The van der Waals surface area contributed by atoms with Crippen LogP contribution in [0.2, 0.25) is 0 Å². The molecule has 0 spiro atoms. The molecule has 4 heteroatoms. The van der Waals surface area contributed by atoms with E-state index in [9.17, 15) is 8.78 Å². The van der Waals surface area contributed by atoms with Crippen molar-refractivity contribution in [3.05, 3.63) is 65.7 Å². The van der Waals surface area contributed by atoms with E-state index in [1.54, 1.807) is 36.4 Å². The van der Waals surface area contributed by atoms with Gasteiger partial charge in [-0.25, -0.2) is 8.78 Å². The molecule has 1 aliphatic rings. The van der Waals surface area contributed by atoms with Gasteiger partial charge in [0.2, 0.25) is 0 Å². The van der Waals surface area contributed by atoms with Crippen LogP contribution < -0.4 is 4.74 Å². The Kier molecular flexibility index (Phi) is 4.11. The number of benzene rings is 2. The zero-order valence-electron chi connectivity index (χ0n) is 13.4. The fraction of sp³-hybridized carbons (Fsp3) is 0.368. The lowest BCUT2D eigenvalue weighted by Gasteiger charge is -2.18. The Morgan fingerprint density at radius 2 is 1.52 bits per heavy atom. The zero-order valence-corrected chi connectivity index (χ0v) is 13.4. The fourth-order valence-corrected chi connectivity index (χ4v) is 2.99. The molecule has 122 valence electrons. The molecule has 0 aromatic heterocycles. The predicted octanol–water partition coefficient (Wildman–Crippen LogP) is 3.95. The number of rotatable bonds is 6. The van der Waals surface area contributed by atoms with E-state index in [0.717, 1.165) is 6.54 Å². The maximum absolute atomic E-state index is 14.2. The maximum atomic E-state index is 14.2. The number of halogens is 2. The van der Waals surface area contributed by atoms with Gasteiger partial charge in [0.15, 0.2) is 0 Å². The molecule has 23 heavy (non-hydrogen) atoms. The third kappa shape index (κ3) is 2.95. The van der Waals surface area contributed by atoms with Gasteiger partial charge < -0.3 is 9.64 Å². The third-order valence-corrected chi connectivity index (χ3v) is 4.41. The molecule has 0 amide bonds. The van der Waals surface area contributed by atoms with Crippen molar-refractivity contribution in [1.82, 2.24) is 4.90 Å². The first-order valence-electron chi connectivity index (χ1n) is 7.77. The summed E-state index contributed by atoms with van der Waals surface area (Å²) in [7, 11) is 3.95. The van der Waals surface area contributed by atoms with Crippen molar-refractivity contribution in [3.8, 4) is 5.75 Å². The SMILES string of the molecule is CN(C)CCOc1ccc(C2(c3ccccc3)CC2(F)F)cc1. The van der Waals surface area contributed by atoms with E-state index < -0.39 is 11.3 Å². The molecule has 1 fully saturated rings. The average Bonchev–Trinajstić information content (AvgIpc) is 3.12.